The molecule has 27 heavy (non-hydrogen) atoms. The molecule has 1 aliphatic rings. The summed E-state index contributed by atoms with van der Waals surface area (Å²) < 4.78 is 0.977. The number of rotatable bonds is 5. The summed E-state index contributed by atoms with van der Waals surface area (Å²) in [5, 5.41) is 10.4. The van der Waals surface area contributed by atoms with E-state index in [2.05, 4.69) is 65.5 Å². The van der Waals surface area contributed by atoms with Crippen LogP contribution in [0, 0.1) is 0 Å². The van der Waals surface area contributed by atoms with Crippen molar-refractivity contribution in [1.82, 2.24) is 10.2 Å². The van der Waals surface area contributed by atoms with E-state index < -0.39 is 0 Å². The molecule has 6 nitrogen and oxygen atoms in total. The lowest BCUT2D eigenvalue weighted by molar-refractivity contribution is -0.105. The van der Waals surface area contributed by atoms with Gasteiger partial charge in [0.2, 0.25) is 6.41 Å². The first kappa shape index (κ1) is 17.6. The summed E-state index contributed by atoms with van der Waals surface area (Å²) in [7, 11) is 0. The van der Waals surface area contributed by atoms with Gasteiger partial charge in [-0.1, -0.05) is 46.3 Å². The molecule has 0 saturated carbocycles. The number of nitrogens with zero attached hydrogens (tertiary/aromatic N) is 3. The van der Waals surface area contributed by atoms with E-state index in [1.54, 1.807) is 0 Å². The van der Waals surface area contributed by atoms with E-state index in [0.29, 0.717) is 6.41 Å². The molecule has 0 radical (unpaired) electrons. The minimum atomic E-state index is 0.704. The molecular formula is C20H20BrN5O. The van der Waals surface area contributed by atoms with Gasteiger partial charge in [0.15, 0.2) is 5.82 Å². The Morgan fingerprint density at radius 1 is 1.00 bits per heavy atom. The third kappa shape index (κ3) is 3.68. The largest absolute Gasteiger partial charge is 0.368 e. The first-order valence-corrected chi connectivity index (χ1v) is 9.65. The van der Waals surface area contributed by atoms with E-state index in [1.165, 1.54) is 5.69 Å². The Balaban J connectivity index is 1.57. The molecule has 1 saturated heterocycles. The molecule has 2 N–H and O–H groups in total. The molecule has 1 amide bonds. The highest BCUT2D eigenvalue weighted by Crippen LogP contribution is 2.35. The predicted octanol–water partition coefficient (Wildman–Crippen LogP) is 3.73. The molecule has 2 heterocycles. The summed E-state index contributed by atoms with van der Waals surface area (Å²) in [4.78, 5) is 15.8. The quantitative estimate of drug-likeness (QED) is 0.611. The number of anilines is 3. The number of nitrogens with one attached hydrogen (secondary N) is 2. The van der Waals surface area contributed by atoms with Gasteiger partial charge >= 0.3 is 0 Å². The molecule has 0 aliphatic carbocycles. The maximum Gasteiger partial charge on any atom is 0.211 e. The predicted molar refractivity (Wildman–Crippen MR) is 112 cm³/mol. The number of amides is 1. The van der Waals surface area contributed by atoms with Crippen LogP contribution in [0.15, 0.2) is 59.1 Å². The number of halogens is 1. The summed E-state index contributed by atoms with van der Waals surface area (Å²) in [6, 6.07) is 18.3. The Hall–Kier alpha value is -2.80. The lowest BCUT2D eigenvalue weighted by Crippen LogP contribution is -2.46. The van der Waals surface area contributed by atoms with E-state index in [9.17, 15) is 4.79 Å². The number of benzene rings is 2. The smallest absolute Gasteiger partial charge is 0.211 e. The van der Waals surface area contributed by atoms with E-state index in [4.69, 9.17) is 0 Å². The fourth-order valence-electron chi connectivity index (χ4n) is 3.43. The van der Waals surface area contributed by atoms with Crippen molar-refractivity contribution in [1.29, 1.82) is 0 Å². The summed E-state index contributed by atoms with van der Waals surface area (Å²) in [5.74, 6) is 0.782. The number of para-hydroxylation sites is 1. The van der Waals surface area contributed by atoms with Gasteiger partial charge in [-0.3, -0.25) is 9.89 Å². The van der Waals surface area contributed by atoms with Gasteiger partial charge in [-0.2, -0.15) is 5.10 Å². The van der Waals surface area contributed by atoms with Crippen molar-refractivity contribution in [2.75, 3.05) is 41.3 Å². The number of hydrogen-bond donors (Lipinski definition) is 2. The highest BCUT2D eigenvalue weighted by Gasteiger charge is 2.24. The molecule has 1 aromatic heterocycles. The van der Waals surface area contributed by atoms with Crippen LogP contribution in [0.25, 0.3) is 11.3 Å². The number of carbonyl (C=O) groups excluding carboxylic acids is 1. The third-order valence-electron chi connectivity index (χ3n) is 4.76. The average Bonchev–Trinajstić information content (AvgIpc) is 3.13. The van der Waals surface area contributed by atoms with Crippen LogP contribution in [0.3, 0.4) is 0 Å². The molecule has 0 unspecified atom stereocenters. The highest BCUT2D eigenvalue weighted by atomic mass is 79.9. The summed E-state index contributed by atoms with van der Waals surface area (Å²) in [5.41, 5.74) is 3.73. The minimum Gasteiger partial charge on any atom is -0.368 e. The minimum absolute atomic E-state index is 0.704. The number of aromatic nitrogens is 2. The molecule has 3 aromatic rings. The van der Waals surface area contributed by atoms with Crippen LogP contribution in [0.1, 0.15) is 0 Å². The molecule has 7 heteroatoms. The topological polar surface area (TPSA) is 64.3 Å². The molecule has 0 bridgehead atoms. The summed E-state index contributed by atoms with van der Waals surface area (Å²) >= 11 is 3.49. The van der Waals surface area contributed by atoms with Crippen LogP contribution in [-0.4, -0.2) is 42.8 Å². The van der Waals surface area contributed by atoms with Crippen LogP contribution < -0.4 is 15.1 Å². The van der Waals surface area contributed by atoms with Crippen molar-refractivity contribution in [2.24, 2.45) is 0 Å². The second-order valence-electron chi connectivity index (χ2n) is 6.38. The third-order valence-corrected chi connectivity index (χ3v) is 5.26. The average molecular weight is 426 g/mol. The summed E-state index contributed by atoms with van der Waals surface area (Å²) in [6.07, 6.45) is 0.704. The van der Waals surface area contributed by atoms with E-state index in [0.717, 1.165) is 53.4 Å². The number of carbonyl (C=O) groups is 1. The molecular weight excluding hydrogens is 406 g/mol. The Kier molecular flexibility index (Phi) is 5.11. The Morgan fingerprint density at radius 3 is 2.44 bits per heavy atom. The van der Waals surface area contributed by atoms with E-state index in [1.807, 2.05) is 30.3 Å². The van der Waals surface area contributed by atoms with Crippen LogP contribution in [0.4, 0.5) is 17.2 Å². The molecule has 1 fully saturated rings. The number of piperazine rings is 1. The molecule has 1 aliphatic heterocycles. The second-order valence-corrected chi connectivity index (χ2v) is 7.30. The molecule has 4 rings (SSSR count). The number of hydrogen-bond acceptors (Lipinski definition) is 4. The Morgan fingerprint density at radius 2 is 1.74 bits per heavy atom. The molecule has 0 atom stereocenters. The van der Waals surface area contributed by atoms with Gasteiger partial charge in [0, 0.05) is 41.9 Å². The molecule has 2 aromatic carbocycles. The highest BCUT2D eigenvalue weighted by molar-refractivity contribution is 9.10. The van der Waals surface area contributed by atoms with Gasteiger partial charge in [-0.15, -0.1) is 0 Å². The zero-order chi connectivity index (χ0) is 18.6. The van der Waals surface area contributed by atoms with Crippen molar-refractivity contribution >= 4 is 39.5 Å². The SMILES string of the molecule is O=CNc1c(N2CCN(c3ccccc3)CC2)n[nH]c1-c1cccc(Br)c1. The van der Waals surface area contributed by atoms with Crippen molar-refractivity contribution in [2.45, 2.75) is 0 Å². The van der Waals surface area contributed by atoms with Crippen LogP contribution >= 0.6 is 15.9 Å². The summed E-state index contributed by atoms with van der Waals surface area (Å²) in [6.45, 7) is 3.49. The van der Waals surface area contributed by atoms with Crippen LogP contribution in [0.2, 0.25) is 0 Å². The van der Waals surface area contributed by atoms with Crippen LogP contribution in [0.5, 0.6) is 0 Å². The second kappa shape index (κ2) is 7.84. The van der Waals surface area contributed by atoms with Crippen molar-refractivity contribution in [3.63, 3.8) is 0 Å². The van der Waals surface area contributed by atoms with E-state index in [-0.39, 0.29) is 0 Å². The lowest BCUT2D eigenvalue weighted by Gasteiger charge is -2.36. The van der Waals surface area contributed by atoms with Gasteiger partial charge in [0.05, 0.1) is 5.69 Å². The number of aromatic amines is 1. The zero-order valence-corrected chi connectivity index (χ0v) is 16.3. The van der Waals surface area contributed by atoms with Gasteiger partial charge in [0.25, 0.3) is 0 Å². The lowest BCUT2D eigenvalue weighted by atomic mass is 10.1. The maximum atomic E-state index is 11.2. The molecule has 0 spiro atoms. The van der Waals surface area contributed by atoms with Gasteiger partial charge in [0.1, 0.15) is 5.69 Å². The monoisotopic (exact) mass is 425 g/mol. The first-order chi connectivity index (χ1) is 13.3. The Labute approximate surface area is 166 Å². The van der Waals surface area contributed by atoms with Crippen molar-refractivity contribution < 1.29 is 4.79 Å². The maximum absolute atomic E-state index is 11.2. The van der Waals surface area contributed by atoms with Gasteiger partial charge in [-0.05, 0) is 24.3 Å². The number of H-pyrrole nitrogens is 1. The first-order valence-electron chi connectivity index (χ1n) is 8.85. The van der Waals surface area contributed by atoms with E-state index >= 15 is 0 Å². The van der Waals surface area contributed by atoms with Crippen LogP contribution in [-0.2, 0) is 4.79 Å². The fourth-order valence-corrected chi connectivity index (χ4v) is 3.82. The van der Waals surface area contributed by atoms with Crippen molar-refractivity contribution in [3.8, 4) is 11.3 Å². The fraction of sp³-hybridized carbons (Fsp3) is 0.200. The van der Waals surface area contributed by atoms with Crippen molar-refractivity contribution in [3.05, 3.63) is 59.1 Å². The van der Waals surface area contributed by atoms with Gasteiger partial charge < -0.3 is 15.1 Å². The Bertz CT molecular complexity index is 919. The normalized spacial score (nSPS) is 14.3. The standard InChI is InChI=1S/C20H20BrN5O/c21-16-6-4-5-15(13-16)18-19(22-14-27)20(24-23-18)26-11-9-25(10-12-26)17-7-2-1-3-8-17/h1-8,13-14H,9-12H2,(H,22,27)(H,23,24). The molecule has 138 valence electrons. The van der Waals surface area contributed by atoms with Gasteiger partial charge in [-0.25, -0.2) is 0 Å². The zero-order valence-electron chi connectivity index (χ0n) is 14.7.